The lowest BCUT2D eigenvalue weighted by Crippen LogP contribution is -2.36. The van der Waals surface area contributed by atoms with E-state index in [0.717, 1.165) is 37.9 Å². The van der Waals surface area contributed by atoms with Gasteiger partial charge in [0.2, 0.25) is 0 Å². The standard InChI is InChI=1S/C23H35NO2/c1-4-18-15-20(17(2)26-3)22(19-11-7-5-8-12-19)21(16-18)23(25)24-13-9-6-10-14-24/h15-17,19H,4-14H2,1-3H3. The van der Waals surface area contributed by atoms with Crippen LogP contribution in [0.1, 0.15) is 104 Å². The SMILES string of the molecule is CCc1cc(C(=O)N2CCCCC2)c(C2CCCCC2)c(C(C)OC)c1. The van der Waals surface area contributed by atoms with Gasteiger partial charge < -0.3 is 9.64 Å². The van der Waals surface area contributed by atoms with Crippen molar-refractivity contribution in [3.8, 4) is 0 Å². The maximum atomic E-state index is 13.5. The van der Waals surface area contributed by atoms with Crippen LogP contribution >= 0.6 is 0 Å². The van der Waals surface area contributed by atoms with Crippen molar-refractivity contribution in [2.45, 2.75) is 83.7 Å². The number of ether oxygens (including phenoxy) is 1. The van der Waals surface area contributed by atoms with E-state index in [1.165, 1.54) is 55.2 Å². The molecule has 1 atom stereocenters. The van der Waals surface area contributed by atoms with Gasteiger partial charge in [-0.25, -0.2) is 0 Å². The van der Waals surface area contributed by atoms with E-state index >= 15 is 0 Å². The van der Waals surface area contributed by atoms with E-state index in [0.29, 0.717) is 5.92 Å². The van der Waals surface area contributed by atoms with Crippen LogP contribution in [0.3, 0.4) is 0 Å². The Balaban J connectivity index is 2.07. The fourth-order valence-electron chi connectivity index (χ4n) is 4.70. The van der Waals surface area contributed by atoms with E-state index in [1.807, 2.05) is 0 Å². The van der Waals surface area contributed by atoms with Gasteiger partial charge >= 0.3 is 0 Å². The maximum Gasteiger partial charge on any atom is 0.254 e. The van der Waals surface area contributed by atoms with Crippen molar-refractivity contribution in [3.63, 3.8) is 0 Å². The Labute approximate surface area is 159 Å². The van der Waals surface area contributed by atoms with Gasteiger partial charge in [-0.2, -0.15) is 0 Å². The third-order valence-corrected chi connectivity index (χ3v) is 6.36. The Bertz CT molecular complexity index is 613. The van der Waals surface area contributed by atoms with Crippen molar-refractivity contribution in [1.82, 2.24) is 4.90 Å². The minimum Gasteiger partial charge on any atom is -0.377 e. The molecule has 0 radical (unpaired) electrons. The molecule has 0 spiro atoms. The average Bonchev–Trinajstić information content (AvgIpc) is 2.72. The highest BCUT2D eigenvalue weighted by molar-refractivity contribution is 5.96. The van der Waals surface area contributed by atoms with Crippen molar-refractivity contribution in [2.75, 3.05) is 20.2 Å². The molecule has 0 bridgehead atoms. The lowest BCUT2D eigenvalue weighted by Gasteiger charge is -2.32. The first-order valence-electron chi connectivity index (χ1n) is 10.6. The lowest BCUT2D eigenvalue weighted by atomic mass is 9.78. The van der Waals surface area contributed by atoms with Gasteiger partial charge in [-0.1, -0.05) is 32.3 Å². The van der Waals surface area contributed by atoms with E-state index in [2.05, 4.69) is 30.9 Å². The number of aryl methyl sites for hydroxylation is 1. The number of benzene rings is 1. The number of carbonyl (C=O) groups is 1. The van der Waals surface area contributed by atoms with Gasteiger partial charge in [0.05, 0.1) is 6.10 Å². The lowest BCUT2D eigenvalue weighted by molar-refractivity contribution is 0.0721. The number of hydrogen-bond donors (Lipinski definition) is 0. The monoisotopic (exact) mass is 357 g/mol. The van der Waals surface area contributed by atoms with Crippen molar-refractivity contribution < 1.29 is 9.53 Å². The van der Waals surface area contributed by atoms with Gasteiger partial charge in [0, 0.05) is 25.8 Å². The first-order valence-corrected chi connectivity index (χ1v) is 10.6. The predicted molar refractivity (Wildman–Crippen MR) is 107 cm³/mol. The van der Waals surface area contributed by atoms with E-state index in [4.69, 9.17) is 4.74 Å². The number of methoxy groups -OCH3 is 1. The molecule has 0 aromatic heterocycles. The highest BCUT2D eigenvalue weighted by atomic mass is 16.5. The van der Waals surface area contributed by atoms with Gasteiger partial charge in [0.15, 0.2) is 0 Å². The molecule has 1 heterocycles. The molecule has 1 saturated carbocycles. The third kappa shape index (κ3) is 4.14. The molecule has 144 valence electrons. The van der Waals surface area contributed by atoms with Gasteiger partial charge in [-0.05, 0) is 74.1 Å². The van der Waals surface area contributed by atoms with Crippen molar-refractivity contribution in [1.29, 1.82) is 0 Å². The maximum absolute atomic E-state index is 13.5. The first kappa shape index (κ1) is 19.4. The van der Waals surface area contributed by atoms with Gasteiger partial charge in [-0.15, -0.1) is 0 Å². The minimum atomic E-state index is 0.0336. The molecule has 2 aliphatic rings. The van der Waals surface area contributed by atoms with Gasteiger partial charge in [-0.3, -0.25) is 4.79 Å². The largest absolute Gasteiger partial charge is 0.377 e. The molecule has 1 aliphatic heterocycles. The van der Waals surface area contributed by atoms with Crippen LogP contribution < -0.4 is 0 Å². The molecule has 1 aliphatic carbocycles. The summed E-state index contributed by atoms with van der Waals surface area (Å²) >= 11 is 0. The smallest absolute Gasteiger partial charge is 0.254 e. The Morgan fingerprint density at radius 1 is 1.12 bits per heavy atom. The summed E-state index contributed by atoms with van der Waals surface area (Å²) in [4.78, 5) is 15.6. The minimum absolute atomic E-state index is 0.0336. The van der Waals surface area contributed by atoms with Crippen molar-refractivity contribution in [2.24, 2.45) is 0 Å². The molecule has 26 heavy (non-hydrogen) atoms. The molecule has 1 aromatic rings. The van der Waals surface area contributed by atoms with E-state index in [1.54, 1.807) is 7.11 Å². The van der Waals surface area contributed by atoms with Crippen LogP contribution in [0.2, 0.25) is 0 Å². The summed E-state index contributed by atoms with van der Waals surface area (Å²) in [5.74, 6) is 0.760. The van der Waals surface area contributed by atoms with E-state index < -0.39 is 0 Å². The second-order valence-corrected chi connectivity index (χ2v) is 8.07. The number of hydrogen-bond acceptors (Lipinski definition) is 2. The second kappa shape index (κ2) is 9.03. The summed E-state index contributed by atoms with van der Waals surface area (Å²) in [6, 6.07) is 4.48. The Morgan fingerprint density at radius 2 is 1.77 bits per heavy atom. The number of rotatable bonds is 5. The van der Waals surface area contributed by atoms with Crippen LogP contribution in [0.4, 0.5) is 0 Å². The molecule has 1 aromatic carbocycles. The Kier molecular flexibility index (Phi) is 6.74. The topological polar surface area (TPSA) is 29.5 Å². The highest BCUT2D eigenvalue weighted by Crippen LogP contribution is 2.40. The van der Waals surface area contributed by atoms with E-state index in [9.17, 15) is 4.79 Å². The zero-order valence-electron chi connectivity index (χ0n) is 16.9. The molecular formula is C23H35NO2. The molecular weight excluding hydrogens is 322 g/mol. The molecule has 1 saturated heterocycles. The van der Waals surface area contributed by atoms with Crippen molar-refractivity contribution >= 4 is 5.91 Å². The van der Waals surface area contributed by atoms with Crippen LogP contribution in [0, 0.1) is 0 Å². The summed E-state index contributed by atoms with van der Waals surface area (Å²) in [5.41, 5.74) is 4.77. The highest BCUT2D eigenvalue weighted by Gasteiger charge is 2.29. The third-order valence-electron chi connectivity index (χ3n) is 6.36. The average molecular weight is 358 g/mol. The summed E-state index contributed by atoms with van der Waals surface area (Å²) in [6.45, 7) is 6.12. The number of likely N-dealkylation sites (tertiary alicyclic amines) is 1. The normalized spacial score (nSPS) is 20.2. The van der Waals surface area contributed by atoms with Gasteiger partial charge in [0.25, 0.3) is 5.91 Å². The summed E-state index contributed by atoms with van der Waals surface area (Å²) in [6.07, 6.45) is 10.8. The second-order valence-electron chi connectivity index (χ2n) is 8.07. The molecule has 1 unspecified atom stereocenters. The number of amides is 1. The predicted octanol–water partition coefficient (Wildman–Crippen LogP) is 5.63. The van der Waals surface area contributed by atoms with E-state index in [-0.39, 0.29) is 12.0 Å². The molecule has 2 fully saturated rings. The quantitative estimate of drug-likeness (QED) is 0.683. The molecule has 3 nitrogen and oxygen atoms in total. The molecule has 1 amide bonds. The summed E-state index contributed by atoms with van der Waals surface area (Å²) in [7, 11) is 1.78. The van der Waals surface area contributed by atoms with Crippen LogP contribution in [0.15, 0.2) is 12.1 Å². The molecule has 0 N–H and O–H groups in total. The molecule has 3 heteroatoms. The van der Waals surface area contributed by atoms with Gasteiger partial charge in [0.1, 0.15) is 0 Å². The first-order chi connectivity index (χ1) is 12.7. The fraction of sp³-hybridized carbons (Fsp3) is 0.696. The Hall–Kier alpha value is -1.35. The van der Waals surface area contributed by atoms with Crippen LogP contribution in [0.25, 0.3) is 0 Å². The molecule has 3 rings (SSSR count). The fourth-order valence-corrected chi connectivity index (χ4v) is 4.70. The zero-order valence-corrected chi connectivity index (χ0v) is 16.9. The van der Waals surface area contributed by atoms with Crippen LogP contribution in [0.5, 0.6) is 0 Å². The van der Waals surface area contributed by atoms with Crippen LogP contribution in [-0.2, 0) is 11.2 Å². The number of carbonyl (C=O) groups excluding carboxylic acids is 1. The number of nitrogens with zero attached hydrogens (tertiary/aromatic N) is 1. The van der Waals surface area contributed by atoms with Crippen LogP contribution in [-0.4, -0.2) is 31.0 Å². The Morgan fingerprint density at radius 3 is 2.38 bits per heavy atom. The zero-order chi connectivity index (χ0) is 18.5. The summed E-state index contributed by atoms with van der Waals surface area (Å²) in [5, 5.41) is 0. The number of piperidine rings is 1. The summed E-state index contributed by atoms with van der Waals surface area (Å²) < 4.78 is 5.72. The van der Waals surface area contributed by atoms with Crippen molar-refractivity contribution in [3.05, 3.63) is 34.4 Å².